The van der Waals surface area contributed by atoms with Crippen molar-refractivity contribution < 1.29 is 4.74 Å². The number of hydrogen-bond acceptors (Lipinski definition) is 4. The van der Waals surface area contributed by atoms with Crippen LogP contribution in [0.2, 0.25) is 5.02 Å². The third kappa shape index (κ3) is 4.37. The quantitative estimate of drug-likeness (QED) is 0.398. The van der Waals surface area contributed by atoms with Gasteiger partial charge in [-0.25, -0.2) is 4.98 Å². The van der Waals surface area contributed by atoms with E-state index in [1.807, 2.05) is 36.4 Å². The van der Waals surface area contributed by atoms with Crippen molar-refractivity contribution in [1.29, 1.82) is 0 Å². The highest BCUT2D eigenvalue weighted by atomic mass is 35.5. The van der Waals surface area contributed by atoms with Crippen LogP contribution >= 0.6 is 11.6 Å². The van der Waals surface area contributed by atoms with Crippen molar-refractivity contribution in [2.75, 3.05) is 32.1 Å². The number of anilines is 1. The van der Waals surface area contributed by atoms with Gasteiger partial charge in [-0.3, -0.25) is 0 Å². The molecule has 138 valence electrons. The van der Waals surface area contributed by atoms with Gasteiger partial charge in [-0.1, -0.05) is 24.9 Å². The van der Waals surface area contributed by atoms with Crippen LogP contribution in [0.5, 0.6) is 5.75 Å². The lowest BCUT2D eigenvalue weighted by atomic mass is 10.1. The maximum atomic E-state index is 6.17. The van der Waals surface area contributed by atoms with Gasteiger partial charge < -0.3 is 15.4 Å². The van der Waals surface area contributed by atoms with Crippen molar-refractivity contribution in [3.05, 3.63) is 41.4 Å². The Labute approximate surface area is 159 Å². The van der Waals surface area contributed by atoms with E-state index in [1.165, 1.54) is 12.8 Å². The maximum absolute atomic E-state index is 6.17. The summed E-state index contributed by atoms with van der Waals surface area (Å²) in [6.07, 6.45) is 3.52. The molecule has 0 saturated carbocycles. The van der Waals surface area contributed by atoms with E-state index in [0.717, 1.165) is 59.3 Å². The van der Waals surface area contributed by atoms with Gasteiger partial charge in [0.15, 0.2) is 0 Å². The van der Waals surface area contributed by atoms with Gasteiger partial charge in [-0.05, 0) is 62.3 Å². The van der Waals surface area contributed by atoms with Gasteiger partial charge >= 0.3 is 0 Å². The van der Waals surface area contributed by atoms with Crippen LogP contribution in [0.1, 0.15) is 26.2 Å². The molecule has 0 amide bonds. The second-order valence-corrected chi connectivity index (χ2v) is 6.85. The molecule has 0 atom stereocenters. The summed E-state index contributed by atoms with van der Waals surface area (Å²) in [5.74, 6) is 0.830. The summed E-state index contributed by atoms with van der Waals surface area (Å²) in [5.41, 5.74) is 2.93. The molecule has 2 N–H and O–H groups in total. The number of benzene rings is 2. The number of aromatic nitrogens is 1. The van der Waals surface area contributed by atoms with E-state index in [4.69, 9.17) is 21.3 Å². The largest absolute Gasteiger partial charge is 0.497 e. The number of methoxy groups -OCH3 is 1. The van der Waals surface area contributed by atoms with Crippen LogP contribution in [0.4, 0.5) is 5.69 Å². The van der Waals surface area contributed by atoms with E-state index in [1.54, 1.807) is 7.11 Å². The van der Waals surface area contributed by atoms with Crippen molar-refractivity contribution in [2.45, 2.75) is 26.2 Å². The number of pyridine rings is 1. The Morgan fingerprint density at radius 2 is 1.81 bits per heavy atom. The summed E-state index contributed by atoms with van der Waals surface area (Å²) >= 11 is 6.17. The molecule has 0 saturated heterocycles. The van der Waals surface area contributed by atoms with E-state index in [2.05, 4.69) is 17.6 Å². The Morgan fingerprint density at radius 1 is 0.962 bits per heavy atom. The van der Waals surface area contributed by atoms with Gasteiger partial charge in [0.2, 0.25) is 0 Å². The lowest BCUT2D eigenvalue weighted by Gasteiger charge is -2.14. The highest BCUT2D eigenvalue weighted by Gasteiger charge is 2.10. The predicted octanol–water partition coefficient (Wildman–Crippen LogP) is 5.24. The number of unbranched alkanes of at least 4 members (excludes halogenated alkanes) is 1. The van der Waals surface area contributed by atoms with E-state index < -0.39 is 0 Å². The molecule has 3 rings (SSSR count). The second-order valence-electron chi connectivity index (χ2n) is 6.42. The van der Waals surface area contributed by atoms with Crippen molar-refractivity contribution >= 4 is 39.1 Å². The highest BCUT2D eigenvalue weighted by molar-refractivity contribution is 6.31. The topological polar surface area (TPSA) is 46.2 Å². The molecule has 0 aliphatic rings. The smallest absolute Gasteiger partial charge is 0.119 e. The van der Waals surface area contributed by atoms with E-state index >= 15 is 0 Å². The molecule has 0 unspecified atom stereocenters. The first-order valence-electron chi connectivity index (χ1n) is 9.24. The summed E-state index contributed by atoms with van der Waals surface area (Å²) in [6.45, 7) is 5.22. The standard InChI is InChI=1S/C21H26ClN3O/c1-3-4-10-23-11-5-12-24-21-17-8-6-15(22)13-20(17)25-19-9-7-16(26-2)14-18(19)21/h6-9,13-14,23H,3-5,10-12H2,1-2H3,(H,24,25). The van der Waals surface area contributed by atoms with Gasteiger partial charge in [0.1, 0.15) is 5.75 Å². The molecule has 0 aliphatic heterocycles. The van der Waals surface area contributed by atoms with Gasteiger partial charge in [0.05, 0.1) is 23.8 Å². The summed E-state index contributed by atoms with van der Waals surface area (Å²) in [7, 11) is 1.69. The first-order valence-corrected chi connectivity index (χ1v) is 9.62. The van der Waals surface area contributed by atoms with Crippen LogP contribution in [0, 0.1) is 0 Å². The van der Waals surface area contributed by atoms with E-state index in [0.29, 0.717) is 5.02 Å². The van der Waals surface area contributed by atoms with Crippen LogP contribution in [-0.4, -0.2) is 31.7 Å². The van der Waals surface area contributed by atoms with Crippen molar-refractivity contribution in [1.82, 2.24) is 10.3 Å². The molecule has 5 heteroatoms. The van der Waals surface area contributed by atoms with Crippen LogP contribution in [-0.2, 0) is 0 Å². The molecular weight excluding hydrogens is 346 g/mol. The average molecular weight is 372 g/mol. The first kappa shape index (κ1) is 18.7. The van der Waals surface area contributed by atoms with Gasteiger partial charge in [0.25, 0.3) is 0 Å². The number of hydrogen-bond donors (Lipinski definition) is 2. The number of nitrogens with zero attached hydrogens (tertiary/aromatic N) is 1. The lowest BCUT2D eigenvalue weighted by molar-refractivity contribution is 0.415. The fourth-order valence-corrected chi connectivity index (χ4v) is 3.23. The number of halogens is 1. The first-order chi connectivity index (χ1) is 12.7. The third-order valence-electron chi connectivity index (χ3n) is 4.48. The minimum absolute atomic E-state index is 0.698. The van der Waals surface area contributed by atoms with Crippen molar-refractivity contribution in [3.8, 4) is 5.75 Å². The van der Waals surface area contributed by atoms with Gasteiger partial charge in [0, 0.05) is 22.3 Å². The molecule has 3 aromatic rings. The Hall–Kier alpha value is -2.04. The number of rotatable bonds is 9. The van der Waals surface area contributed by atoms with Gasteiger partial charge in [-0.15, -0.1) is 0 Å². The van der Waals surface area contributed by atoms with Gasteiger partial charge in [-0.2, -0.15) is 0 Å². The highest BCUT2D eigenvalue weighted by Crippen LogP contribution is 2.34. The molecule has 1 heterocycles. The van der Waals surface area contributed by atoms with E-state index in [-0.39, 0.29) is 0 Å². The average Bonchev–Trinajstić information content (AvgIpc) is 2.66. The fourth-order valence-electron chi connectivity index (χ4n) is 3.07. The molecule has 0 radical (unpaired) electrons. The second kappa shape index (κ2) is 9.06. The Morgan fingerprint density at radius 3 is 2.62 bits per heavy atom. The molecule has 26 heavy (non-hydrogen) atoms. The third-order valence-corrected chi connectivity index (χ3v) is 4.72. The van der Waals surface area contributed by atoms with Crippen LogP contribution in [0.3, 0.4) is 0 Å². The summed E-state index contributed by atoms with van der Waals surface area (Å²) in [6, 6.07) is 11.8. The molecule has 0 spiro atoms. The fraction of sp³-hybridized carbons (Fsp3) is 0.381. The maximum Gasteiger partial charge on any atom is 0.119 e. The predicted molar refractivity (Wildman–Crippen MR) is 112 cm³/mol. The van der Waals surface area contributed by atoms with Crippen LogP contribution in [0.25, 0.3) is 21.8 Å². The summed E-state index contributed by atoms with van der Waals surface area (Å²) in [4.78, 5) is 4.76. The molecular formula is C21H26ClN3O. The minimum Gasteiger partial charge on any atom is -0.497 e. The monoisotopic (exact) mass is 371 g/mol. The lowest BCUT2D eigenvalue weighted by Crippen LogP contribution is -2.19. The Bertz CT molecular complexity index is 882. The Balaban J connectivity index is 1.86. The number of nitrogens with one attached hydrogen (secondary N) is 2. The molecule has 4 nitrogen and oxygen atoms in total. The molecule has 0 bridgehead atoms. The zero-order chi connectivity index (χ0) is 18.4. The molecule has 2 aromatic carbocycles. The number of ether oxygens (including phenoxy) is 1. The zero-order valence-corrected chi connectivity index (χ0v) is 16.2. The summed E-state index contributed by atoms with van der Waals surface area (Å²) < 4.78 is 5.40. The molecule has 1 aromatic heterocycles. The zero-order valence-electron chi connectivity index (χ0n) is 15.4. The molecule has 0 fully saturated rings. The van der Waals surface area contributed by atoms with Crippen molar-refractivity contribution in [3.63, 3.8) is 0 Å². The normalized spacial score (nSPS) is 11.2. The Kier molecular flexibility index (Phi) is 6.53. The van der Waals surface area contributed by atoms with Crippen molar-refractivity contribution in [2.24, 2.45) is 0 Å². The SMILES string of the molecule is CCCCNCCCNc1c2ccc(Cl)cc2nc2ccc(OC)cc12. The van der Waals surface area contributed by atoms with Crippen LogP contribution in [0.15, 0.2) is 36.4 Å². The summed E-state index contributed by atoms with van der Waals surface area (Å²) in [5, 5.41) is 9.94. The van der Waals surface area contributed by atoms with Crippen LogP contribution < -0.4 is 15.4 Å². The minimum atomic E-state index is 0.698. The molecule has 0 aliphatic carbocycles. The number of fused-ring (bicyclic) bond motifs is 2. The van der Waals surface area contributed by atoms with E-state index in [9.17, 15) is 0 Å².